The number of hydrogen-bond acceptors (Lipinski definition) is 5. The lowest BCUT2D eigenvalue weighted by Gasteiger charge is -2.24. The standard InChI is InChI=1S/C24H22Cl2N4O2S/c1-24(32,17-7-8-22(33-2)28-14-17)16-5-3-15(4-6-16)11-19-20(25)12-18(13-21(19)26)30-23(31)27-9-10-29-30/h3-8,10,12-14,32H,9,11H2,1-2H3,(H,27,31). The molecule has 4 rings (SSSR count). The maximum Gasteiger partial charge on any atom is 0.342 e. The van der Waals surface area contributed by atoms with E-state index in [2.05, 4.69) is 15.4 Å². The highest BCUT2D eigenvalue weighted by atomic mass is 35.5. The Morgan fingerprint density at radius 1 is 1.12 bits per heavy atom. The Hall–Kier alpha value is -2.58. The van der Waals surface area contributed by atoms with Crippen molar-refractivity contribution in [3.63, 3.8) is 0 Å². The van der Waals surface area contributed by atoms with E-state index in [4.69, 9.17) is 23.2 Å². The molecule has 0 radical (unpaired) electrons. The first-order valence-corrected chi connectivity index (χ1v) is 12.2. The first-order chi connectivity index (χ1) is 15.8. The zero-order valence-corrected chi connectivity index (χ0v) is 20.4. The number of aliphatic hydroxyl groups is 1. The van der Waals surface area contributed by atoms with Gasteiger partial charge in [-0.15, -0.1) is 11.8 Å². The Morgan fingerprint density at radius 3 is 2.36 bits per heavy atom. The van der Waals surface area contributed by atoms with Gasteiger partial charge < -0.3 is 10.4 Å². The van der Waals surface area contributed by atoms with Crippen molar-refractivity contribution in [2.45, 2.75) is 24.0 Å². The van der Waals surface area contributed by atoms with E-state index in [-0.39, 0.29) is 6.03 Å². The number of nitrogens with one attached hydrogen (secondary N) is 1. The van der Waals surface area contributed by atoms with Crippen LogP contribution < -0.4 is 10.3 Å². The van der Waals surface area contributed by atoms with Gasteiger partial charge in [0.2, 0.25) is 0 Å². The van der Waals surface area contributed by atoms with Crippen LogP contribution in [0, 0.1) is 0 Å². The summed E-state index contributed by atoms with van der Waals surface area (Å²) in [4.78, 5) is 16.4. The van der Waals surface area contributed by atoms with Gasteiger partial charge in [0.05, 0.1) is 17.3 Å². The summed E-state index contributed by atoms with van der Waals surface area (Å²) < 4.78 is 0. The van der Waals surface area contributed by atoms with Gasteiger partial charge >= 0.3 is 6.03 Å². The quantitative estimate of drug-likeness (QED) is 0.439. The van der Waals surface area contributed by atoms with Crippen molar-refractivity contribution in [3.8, 4) is 0 Å². The summed E-state index contributed by atoms with van der Waals surface area (Å²) in [7, 11) is 0. The summed E-state index contributed by atoms with van der Waals surface area (Å²) in [5.74, 6) is 0. The summed E-state index contributed by atoms with van der Waals surface area (Å²) in [5.41, 5.74) is 2.53. The molecule has 33 heavy (non-hydrogen) atoms. The third-order valence-electron chi connectivity index (χ3n) is 5.51. The number of pyridine rings is 1. The number of anilines is 1. The van der Waals surface area contributed by atoms with Gasteiger partial charge in [0.15, 0.2) is 0 Å². The second kappa shape index (κ2) is 9.73. The Balaban J connectivity index is 1.54. The summed E-state index contributed by atoms with van der Waals surface area (Å²) in [6.07, 6.45) is 5.76. The van der Waals surface area contributed by atoms with Gasteiger partial charge in [-0.25, -0.2) is 9.78 Å². The number of carbonyl (C=O) groups is 1. The third kappa shape index (κ3) is 5.01. The van der Waals surface area contributed by atoms with Crippen molar-refractivity contribution in [2.24, 2.45) is 5.10 Å². The van der Waals surface area contributed by atoms with Crippen LogP contribution >= 0.6 is 35.0 Å². The van der Waals surface area contributed by atoms with Crippen LogP contribution in [-0.2, 0) is 12.0 Å². The van der Waals surface area contributed by atoms with E-state index in [1.807, 2.05) is 42.7 Å². The fourth-order valence-electron chi connectivity index (χ4n) is 3.55. The molecule has 0 spiro atoms. The van der Waals surface area contributed by atoms with Crippen LogP contribution in [0.2, 0.25) is 10.0 Å². The Bertz CT molecular complexity index is 1180. The highest BCUT2D eigenvalue weighted by molar-refractivity contribution is 7.98. The molecule has 0 bridgehead atoms. The fraction of sp³-hybridized carbons (Fsp3) is 0.208. The molecule has 1 aliphatic heterocycles. The van der Waals surface area contributed by atoms with Crippen LogP contribution in [0.25, 0.3) is 0 Å². The van der Waals surface area contributed by atoms with Crippen LogP contribution in [0.15, 0.2) is 64.9 Å². The van der Waals surface area contributed by atoms with Crippen LogP contribution in [-0.4, -0.2) is 35.1 Å². The molecule has 0 aliphatic carbocycles. The molecule has 1 aliphatic rings. The maximum absolute atomic E-state index is 12.0. The molecule has 170 valence electrons. The molecular formula is C24H22Cl2N4O2S. The lowest BCUT2D eigenvalue weighted by Crippen LogP contribution is -2.41. The summed E-state index contributed by atoms with van der Waals surface area (Å²) in [6, 6.07) is 14.5. The summed E-state index contributed by atoms with van der Waals surface area (Å²) in [5, 5.41) is 20.9. The zero-order valence-electron chi connectivity index (χ0n) is 18.0. The number of hydrazone groups is 1. The molecule has 6 nitrogen and oxygen atoms in total. The molecule has 1 atom stereocenters. The molecule has 2 aromatic carbocycles. The van der Waals surface area contributed by atoms with Crippen LogP contribution in [0.5, 0.6) is 0 Å². The first-order valence-electron chi connectivity index (χ1n) is 10.2. The summed E-state index contributed by atoms with van der Waals surface area (Å²) >= 11 is 14.6. The van der Waals surface area contributed by atoms with Gasteiger partial charge in [-0.05, 0) is 48.1 Å². The average Bonchev–Trinajstić information content (AvgIpc) is 2.82. The number of thioether (sulfide) groups is 1. The van der Waals surface area contributed by atoms with Gasteiger partial charge in [-0.2, -0.15) is 10.1 Å². The minimum atomic E-state index is -1.17. The van der Waals surface area contributed by atoms with E-state index < -0.39 is 5.60 Å². The van der Waals surface area contributed by atoms with E-state index in [0.717, 1.165) is 27.3 Å². The molecule has 2 amide bonds. The van der Waals surface area contributed by atoms with Gasteiger partial charge in [-0.3, -0.25) is 0 Å². The molecule has 0 saturated heterocycles. The molecule has 1 aromatic heterocycles. The van der Waals surface area contributed by atoms with Gasteiger partial charge in [0, 0.05) is 34.4 Å². The molecule has 0 fully saturated rings. The van der Waals surface area contributed by atoms with Crippen molar-refractivity contribution < 1.29 is 9.90 Å². The van der Waals surface area contributed by atoms with Crippen molar-refractivity contribution in [2.75, 3.05) is 17.8 Å². The summed E-state index contributed by atoms with van der Waals surface area (Å²) in [6.45, 7) is 2.14. The lowest BCUT2D eigenvalue weighted by molar-refractivity contribution is 0.102. The number of urea groups is 1. The Labute approximate surface area is 206 Å². The SMILES string of the molecule is CSc1ccc(C(C)(O)c2ccc(Cc3c(Cl)cc(N4N=CCNC4=O)cc3Cl)cc2)cn1. The van der Waals surface area contributed by atoms with Crippen LogP contribution in [0.4, 0.5) is 10.5 Å². The lowest BCUT2D eigenvalue weighted by atomic mass is 9.88. The van der Waals surface area contributed by atoms with E-state index in [1.54, 1.807) is 43.2 Å². The predicted octanol–water partition coefficient (Wildman–Crippen LogP) is 5.47. The number of amides is 2. The number of aromatic nitrogens is 1. The molecule has 2 N–H and O–H groups in total. The first kappa shape index (κ1) is 23.6. The second-order valence-electron chi connectivity index (χ2n) is 7.72. The fourth-order valence-corrected chi connectivity index (χ4v) is 4.53. The van der Waals surface area contributed by atoms with E-state index in [1.165, 1.54) is 5.01 Å². The Morgan fingerprint density at radius 2 is 1.79 bits per heavy atom. The Kier molecular flexibility index (Phi) is 6.95. The van der Waals surface area contributed by atoms with E-state index in [9.17, 15) is 9.90 Å². The molecule has 3 aromatic rings. The van der Waals surface area contributed by atoms with Gasteiger partial charge in [-0.1, -0.05) is 53.5 Å². The maximum atomic E-state index is 12.0. The monoisotopic (exact) mass is 500 g/mol. The minimum Gasteiger partial charge on any atom is -0.381 e. The van der Waals surface area contributed by atoms with Crippen molar-refractivity contribution in [3.05, 3.63) is 87.0 Å². The second-order valence-corrected chi connectivity index (χ2v) is 9.36. The molecule has 9 heteroatoms. The number of halogens is 2. The predicted molar refractivity (Wildman–Crippen MR) is 135 cm³/mol. The highest BCUT2D eigenvalue weighted by Gasteiger charge is 2.26. The van der Waals surface area contributed by atoms with Crippen molar-refractivity contribution in [1.82, 2.24) is 10.3 Å². The van der Waals surface area contributed by atoms with Crippen LogP contribution in [0.1, 0.15) is 29.2 Å². The average molecular weight is 501 g/mol. The third-order valence-corrected chi connectivity index (χ3v) is 6.84. The van der Waals surface area contributed by atoms with E-state index in [0.29, 0.717) is 28.7 Å². The number of benzene rings is 2. The number of nitrogens with zero attached hydrogens (tertiary/aromatic N) is 3. The largest absolute Gasteiger partial charge is 0.381 e. The van der Waals surface area contributed by atoms with Gasteiger partial charge in [0.25, 0.3) is 0 Å². The highest BCUT2D eigenvalue weighted by Crippen LogP contribution is 2.34. The molecule has 1 unspecified atom stereocenters. The number of rotatable bonds is 6. The van der Waals surface area contributed by atoms with Crippen molar-refractivity contribution in [1.29, 1.82) is 0 Å². The van der Waals surface area contributed by atoms with Crippen molar-refractivity contribution >= 4 is 52.9 Å². The zero-order chi connectivity index (χ0) is 23.6. The molecule has 2 heterocycles. The normalized spacial score (nSPS) is 15.3. The van der Waals surface area contributed by atoms with E-state index >= 15 is 0 Å². The number of carbonyl (C=O) groups excluding carboxylic acids is 1. The smallest absolute Gasteiger partial charge is 0.342 e. The molecular weight excluding hydrogens is 479 g/mol. The number of hydrogen-bond donors (Lipinski definition) is 2. The molecule has 0 saturated carbocycles. The van der Waals surface area contributed by atoms with Crippen LogP contribution in [0.3, 0.4) is 0 Å². The minimum absolute atomic E-state index is 0.335. The van der Waals surface area contributed by atoms with Gasteiger partial charge in [0.1, 0.15) is 5.60 Å². The topological polar surface area (TPSA) is 77.8 Å².